The number of ketones is 1. The molecule has 0 spiro atoms. The molecule has 0 saturated heterocycles. The van der Waals surface area contributed by atoms with Gasteiger partial charge in [0.15, 0.2) is 5.78 Å². The lowest BCUT2D eigenvalue weighted by Crippen LogP contribution is -2.28. The van der Waals surface area contributed by atoms with Crippen LogP contribution in [0, 0.1) is 28.6 Å². The SMILES string of the molecule is CC(C)c1c(C(=O)c2cc(C#N)cc(C#N)c2)c(CC2CC2)c(CC(F)(F)F)[nH]c1=O. The van der Waals surface area contributed by atoms with Crippen LogP contribution in [0.3, 0.4) is 0 Å². The van der Waals surface area contributed by atoms with E-state index in [4.69, 9.17) is 0 Å². The predicted octanol–water partition coefficient (Wildman–Crippen LogP) is 4.53. The Hall–Kier alpha value is -3.39. The van der Waals surface area contributed by atoms with Crippen LogP contribution < -0.4 is 5.56 Å². The van der Waals surface area contributed by atoms with E-state index >= 15 is 0 Å². The molecule has 1 aromatic carbocycles. The van der Waals surface area contributed by atoms with Crippen molar-refractivity contribution >= 4 is 5.78 Å². The molecule has 2 aromatic rings. The maximum atomic E-state index is 13.5. The number of aromatic amines is 1. The molecule has 1 heterocycles. The summed E-state index contributed by atoms with van der Waals surface area (Å²) < 4.78 is 39.7. The third-order valence-corrected chi connectivity index (χ3v) is 5.27. The largest absolute Gasteiger partial charge is 0.394 e. The maximum Gasteiger partial charge on any atom is 0.394 e. The highest BCUT2D eigenvalue weighted by Crippen LogP contribution is 2.37. The first-order valence-corrected chi connectivity index (χ1v) is 9.88. The number of alkyl halides is 3. The van der Waals surface area contributed by atoms with Crippen molar-refractivity contribution in [1.29, 1.82) is 10.5 Å². The highest BCUT2D eigenvalue weighted by Gasteiger charge is 2.35. The Morgan fingerprint density at radius 2 is 1.74 bits per heavy atom. The van der Waals surface area contributed by atoms with Crippen molar-refractivity contribution in [3.8, 4) is 12.1 Å². The zero-order chi connectivity index (χ0) is 22.9. The van der Waals surface area contributed by atoms with Gasteiger partial charge >= 0.3 is 6.18 Å². The van der Waals surface area contributed by atoms with Crippen LogP contribution in [0.4, 0.5) is 13.2 Å². The van der Waals surface area contributed by atoms with Gasteiger partial charge in [-0.05, 0) is 54.9 Å². The molecule has 1 aromatic heterocycles. The Labute approximate surface area is 177 Å². The number of H-pyrrole nitrogens is 1. The monoisotopic (exact) mass is 427 g/mol. The lowest BCUT2D eigenvalue weighted by molar-refractivity contribution is -0.128. The molecule has 5 nitrogen and oxygen atoms in total. The van der Waals surface area contributed by atoms with Crippen LogP contribution in [-0.2, 0) is 12.8 Å². The number of carbonyl (C=O) groups is 1. The summed E-state index contributed by atoms with van der Waals surface area (Å²) in [6.45, 7) is 3.39. The van der Waals surface area contributed by atoms with Gasteiger partial charge in [-0.2, -0.15) is 23.7 Å². The van der Waals surface area contributed by atoms with Crippen LogP contribution in [0.5, 0.6) is 0 Å². The standard InChI is InChI=1S/C23H20F3N3O2/c1-12(2)19-20(21(30)16-6-14(10-27)5-15(7-16)11-28)17(8-13-3-4-13)18(29-22(19)31)9-23(24,25)26/h5-7,12-13H,3-4,8-9H2,1-2H3,(H,29,31). The molecule has 3 rings (SSSR count). The number of benzene rings is 1. The van der Waals surface area contributed by atoms with Crippen molar-refractivity contribution < 1.29 is 18.0 Å². The summed E-state index contributed by atoms with van der Waals surface area (Å²) in [6, 6.07) is 7.65. The molecular formula is C23H20F3N3O2. The summed E-state index contributed by atoms with van der Waals surface area (Å²) in [4.78, 5) is 28.7. The molecule has 1 fully saturated rings. The maximum absolute atomic E-state index is 13.5. The topological polar surface area (TPSA) is 97.5 Å². The summed E-state index contributed by atoms with van der Waals surface area (Å²) in [5.41, 5.74) is -0.582. The molecule has 1 aliphatic carbocycles. The van der Waals surface area contributed by atoms with E-state index in [1.54, 1.807) is 13.8 Å². The highest BCUT2D eigenvalue weighted by atomic mass is 19.4. The molecule has 1 aliphatic rings. The van der Waals surface area contributed by atoms with E-state index in [9.17, 15) is 33.3 Å². The van der Waals surface area contributed by atoms with E-state index in [1.807, 2.05) is 12.1 Å². The number of aromatic nitrogens is 1. The Kier molecular flexibility index (Phi) is 6.03. The molecule has 160 valence electrons. The van der Waals surface area contributed by atoms with Crippen LogP contribution in [0.25, 0.3) is 0 Å². The average Bonchev–Trinajstić information content (AvgIpc) is 3.51. The molecule has 8 heteroatoms. The number of halogens is 3. The second-order valence-electron chi connectivity index (χ2n) is 8.15. The summed E-state index contributed by atoms with van der Waals surface area (Å²) in [5.74, 6) is -0.915. The summed E-state index contributed by atoms with van der Waals surface area (Å²) in [5, 5.41) is 18.4. The van der Waals surface area contributed by atoms with Gasteiger partial charge in [-0.3, -0.25) is 9.59 Å². The molecule has 0 aliphatic heterocycles. The van der Waals surface area contributed by atoms with E-state index < -0.39 is 29.9 Å². The lowest BCUT2D eigenvalue weighted by Gasteiger charge is -2.20. The molecule has 1 N–H and O–H groups in total. The molecule has 31 heavy (non-hydrogen) atoms. The normalized spacial score (nSPS) is 13.7. The summed E-state index contributed by atoms with van der Waals surface area (Å²) in [6.07, 6.45) is -3.96. The Bertz CT molecular complexity index is 1140. The minimum absolute atomic E-state index is 0.00175. The van der Waals surface area contributed by atoms with Crippen molar-refractivity contribution in [3.05, 3.63) is 67.6 Å². The Morgan fingerprint density at radius 3 is 2.19 bits per heavy atom. The van der Waals surface area contributed by atoms with Crippen molar-refractivity contribution in [2.45, 2.75) is 51.6 Å². The fraction of sp³-hybridized carbons (Fsp3) is 0.391. The molecule has 0 bridgehead atoms. The smallest absolute Gasteiger partial charge is 0.325 e. The van der Waals surface area contributed by atoms with Gasteiger partial charge in [-0.15, -0.1) is 0 Å². The predicted molar refractivity (Wildman–Crippen MR) is 107 cm³/mol. The first kappa shape index (κ1) is 22.3. The summed E-state index contributed by atoms with van der Waals surface area (Å²) >= 11 is 0. The average molecular weight is 427 g/mol. The van der Waals surface area contributed by atoms with Crippen LogP contribution in [0.2, 0.25) is 0 Å². The van der Waals surface area contributed by atoms with Crippen molar-refractivity contribution in [3.63, 3.8) is 0 Å². The van der Waals surface area contributed by atoms with Gasteiger partial charge in [0.05, 0.1) is 29.7 Å². The fourth-order valence-corrected chi connectivity index (χ4v) is 3.74. The van der Waals surface area contributed by atoms with Gasteiger partial charge in [0.1, 0.15) is 0 Å². The highest BCUT2D eigenvalue weighted by molar-refractivity contribution is 6.11. The van der Waals surface area contributed by atoms with E-state index in [2.05, 4.69) is 4.98 Å². The van der Waals surface area contributed by atoms with Gasteiger partial charge in [-0.25, -0.2) is 0 Å². The number of nitriles is 2. The second-order valence-corrected chi connectivity index (χ2v) is 8.15. The molecular weight excluding hydrogens is 407 g/mol. The van der Waals surface area contributed by atoms with Crippen molar-refractivity contribution in [2.24, 2.45) is 5.92 Å². The minimum Gasteiger partial charge on any atom is -0.325 e. The molecule has 0 atom stereocenters. The van der Waals surface area contributed by atoms with Gasteiger partial charge in [0.25, 0.3) is 5.56 Å². The van der Waals surface area contributed by atoms with Crippen molar-refractivity contribution in [2.75, 3.05) is 0 Å². The number of nitrogens with zero attached hydrogens (tertiary/aromatic N) is 2. The molecule has 1 saturated carbocycles. The van der Waals surface area contributed by atoms with Gasteiger partial charge in [0.2, 0.25) is 0 Å². The van der Waals surface area contributed by atoms with Gasteiger partial charge in [-0.1, -0.05) is 13.8 Å². The van der Waals surface area contributed by atoms with Gasteiger partial charge in [0, 0.05) is 22.4 Å². The number of rotatable bonds is 6. The van der Waals surface area contributed by atoms with Crippen LogP contribution in [-0.4, -0.2) is 16.9 Å². The van der Waals surface area contributed by atoms with E-state index in [-0.39, 0.29) is 51.4 Å². The molecule has 0 unspecified atom stereocenters. The van der Waals surface area contributed by atoms with Crippen LogP contribution in [0.15, 0.2) is 23.0 Å². The van der Waals surface area contributed by atoms with Crippen LogP contribution >= 0.6 is 0 Å². The Balaban J connectivity index is 2.30. The van der Waals surface area contributed by atoms with E-state index in [0.717, 1.165) is 12.8 Å². The minimum atomic E-state index is -4.56. The van der Waals surface area contributed by atoms with Gasteiger partial charge < -0.3 is 4.98 Å². The first-order chi connectivity index (χ1) is 14.5. The fourth-order valence-electron chi connectivity index (χ4n) is 3.74. The zero-order valence-corrected chi connectivity index (χ0v) is 17.1. The Morgan fingerprint density at radius 1 is 1.16 bits per heavy atom. The second kappa shape index (κ2) is 8.39. The lowest BCUT2D eigenvalue weighted by atomic mass is 9.85. The number of pyridine rings is 1. The van der Waals surface area contributed by atoms with E-state index in [1.165, 1.54) is 18.2 Å². The zero-order valence-electron chi connectivity index (χ0n) is 17.1. The quantitative estimate of drug-likeness (QED) is 0.685. The number of carbonyl (C=O) groups excluding carboxylic acids is 1. The molecule has 0 radical (unpaired) electrons. The number of nitrogens with one attached hydrogen (secondary N) is 1. The third kappa shape index (κ3) is 5.03. The first-order valence-electron chi connectivity index (χ1n) is 9.88. The van der Waals surface area contributed by atoms with Crippen LogP contribution in [0.1, 0.15) is 76.5 Å². The van der Waals surface area contributed by atoms with Crippen molar-refractivity contribution in [1.82, 2.24) is 4.98 Å². The summed E-state index contributed by atoms with van der Waals surface area (Å²) in [7, 11) is 0. The number of hydrogen-bond donors (Lipinski definition) is 1. The third-order valence-electron chi connectivity index (χ3n) is 5.27. The van der Waals surface area contributed by atoms with E-state index in [0.29, 0.717) is 0 Å². The molecule has 0 amide bonds. The number of hydrogen-bond acceptors (Lipinski definition) is 4.